The standard InChI is InChI=1S/C15H22ClNO3/c1-19-13-7-6-12(11-14(13)20-2)8-10-17-15(18)5-3-4-9-16/h6-7,11H,3-5,8-10H2,1-2H3,(H,17,18). The predicted octanol–water partition coefficient (Wildman–Crippen LogP) is 2.77. The van der Waals surface area contributed by atoms with Gasteiger partial charge in [0.05, 0.1) is 14.2 Å². The van der Waals surface area contributed by atoms with Gasteiger partial charge in [0.2, 0.25) is 5.91 Å². The lowest BCUT2D eigenvalue weighted by Crippen LogP contribution is -2.25. The molecule has 0 aliphatic heterocycles. The Hall–Kier alpha value is -1.42. The second kappa shape index (κ2) is 9.48. The lowest BCUT2D eigenvalue weighted by atomic mass is 10.1. The highest BCUT2D eigenvalue weighted by Gasteiger charge is 2.05. The number of amides is 1. The van der Waals surface area contributed by atoms with Gasteiger partial charge in [0.15, 0.2) is 11.5 Å². The molecule has 0 fully saturated rings. The van der Waals surface area contributed by atoms with Crippen LogP contribution in [0.1, 0.15) is 24.8 Å². The molecule has 5 heteroatoms. The summed E-state index contributed by atoms with van der Waals surface area (Å²) in [5.41, 5.74) is 1.10. The summed E-state index contributed by atoms with van der Waals surface area (Å²) in [6.45, 7) is 0.620. The minimum Gasteiger partial charge on any atom is -0.493 e. The smallest absolute Gasteiger partial charge is 0.220 e. The van der Waals surface area contributed by atoms with E-state index in [1.807, 2.05) is 18.2 Å². The van der Waals surface area contributed by atoms with Crippen molar-refractivity contribution < 1.29 is 14.3 Å². The molecule has 0 aliphatic carbocycles. The molecule has 1 N–H and O–H groups in total. The van der Waals surface area contributed by atoms with Crippen LogP contribution in [0.15, 0.2) is 18.2 Å². The van der Waals surface area contributed by atoms with Crippen LogP contribution >= 0.6 is 11.6 Å². The average molecular weight is 300 g/mol. The monoisotopic (exact) mass is 299 g/mol. The van der Waals surface area contributed by atoms with Crippen molar-refractivity contribution >= 4 is 17.5 Å². The number of nitrogens with one attached hydrogen (secondary N) is 1. The number of alkyl halides is 1. The SMILES string of the molecule is COc1ccc(CCNC(=O)CCCCCl)cc1OC. The Morgan fingerprint density at radius 2 is 1.95 bits per heavy atom. The minimum atomic E-state index is 0.0793. The maximum atomic E-state index is 11.5. The van der Waals surface area contributed by atoms with Crippen molar-refractivity contribution in [3.63, 3.8) is 0 Å². The van der Waals surface area contributed by atoms with E-state index in [9.17, 15) is 4.79 Å². The van der Waals surface area contributed by atoms with Gasteiger partial charge in [0.25, 0.3) is 0 Å². The van der Waals surface area contributed by atoms with Crippen molar-refractivity contribution in [2.24, 2.45) is 0 Å². The Labute approximate surface area is 125 Å². The Balaban J connectivity index is 2.36. The molecule has 0 saturated heterocycles. The summed E-state index contributed by atoms with van der Waals surface area (Å²) in [7, 11) is 3.22. The molecule has 1 rings (SSSR count). The number of unbranched alkanes of at least 4 members (excludes halogenated alkanes) is 1. The van der Waals surface area contributed by atoms with Crippen LogP contribution in [-0.2, 0) is 11.2 Å². The highest BCUT2D eigenvalue weighted by molar-refractivity contribution is 6.17. The van der Waals surface area contributed by atoms with Crippen molar-refractivity contribution in [1.29, 1.82) is 0 Å². The molecule has 1 aromatic rings. The molecule has 0 radical (unpaired) electrons. The lowest BCUT2D eigenvalue weighted by Gasteiger charge is -2.10. The van der Waals surface area contributed by atoms with Gasteiger partial charge in [0.1, 0.15) is 0 Å². The van der Waals surface area contributed by atoms with Gasteiger partial charge < -0.3 is 14.8 Å². The Morgan fingerprint density at radius 3 is 2.60 bits per heavy atom. The topological polar surface area (TPSA) is 47.6 Å². The maximum absolute atomic E-state index is 11.5. The molecular formula is C15H22ClNO3. The van der Waals surface area contributed by atoms with Crippen LogP contribution in [0.3, 0.4) is 0 Å². The largest absolute Gasteiger partial charge is 0.493 e. The number of methoxy groups -OCH3 is 2. The number of rotatable bonds is 9. The van der Waals surface area contributed by atoms with E-state index in [1.165, 1.54) is 0 Å². The molecule has 20 heavy (non-hydrogen) atoms. The molecule has 0 bridgehead atoms. The summed E-state index contributed by atoms with van der Waals surface area (Å²) in [5, 5.41) is 2.90. The molecule has 0 aromatic heterocycles. The fraction of sp³-hybridized carbons (Fsp3) is 0.533. The zero-order valence-corrected chi connectivity index (χ0v) is 12.8. The second-order valence-electron chi connectivity index (χ2n) is 4.44. The van der Waals surface area contributed by atoms with Gasteiger partial charge >= 0.3 is 0 Å². The number of ether oxygens (including phenoxy) is 2. The first kappa shape index (κ1) is 16.6. The fourth-order valence-corrected chi connectivity index (χ4v) is 2.04. The predicted molar refractivity (Wildman–Crippen MR) is 80.8 cm³/mol. The molecule has 0 atom stereocenters. The number of carbonyl (C=O) groups excluding carboxylic acids is 1. The summed E-state index contributed by atoms with van der Waals surface area (Å²) in [4.78, 5) is 11.5. The first-order valence-corrected chi connectivity index (χ1v) is 7.28. The van der Waals surface area contributed by atoms with Gasteiger partial charge in [-0.3, -0.25) is 4.79 Å². The molecule has 0 saturated carbocycles. The molecular weight excluding hydrogens is 278 g/mol. The van der Waals surface area contributed by atoms with E-state index in [0.29, 0.717) is 30.3 Å². The summed E-state index contributed by atoms with van der Waals surface area (Å²) in [6.07, 6.45) is 3.02. The van der Waals surface area contributed by atoms with Crippen LogP contribution in [0.5, 0.6) is 11.5 Å². The average Bonchev–Trinajstić information content (AvgIpc) is 2.47. The molecule has 1 aromatic carbocycles. The second-order valence-corrected chi connectivity index (χ2v) is 4.81. The number of halogens is 1. The molecule has 1 amide bonds. The Kier molecular flexibility index (Phi) is 7.88. The molecule has 0 heterocycles. The van der Waals surface area contributed by atoms with E-state index in [2.05, 4.69) is 5.32 Å². The van der Waals surface area contributed by atoms with Crippen molar-refractivity contribution in [3.05, 3.63) is 23.8 Å². The summed E-state index contributed by atoms with van der Waals surface area (Å²) >= 11 is 5.57. The molecule has 4 nitrogen and oxygen atoms in total. The summed E-state index contributed by atoms with van der Waals surface area (Å²) in [6, 6.07) is 5.77. The molecule has 0 unspecified atom stereocenters. The number of hydrogen-bond acceptors (Lipinski definition) is 3. The van der Waals surface area contributed by atoms with Crippen molar-refractivity contribution in [2.45, 2.75) is 25.7 Å². The van der Waals surface area contributed by atoms with Gasteiger partial charge in [-0.2, -0.15) is 0 Å². The number of hydrogen-bond donors (Lipinski definition) is 1. The number of benzene rings is 1. The van der Waals surface area contributed by atoms with Gasteiger partial charge in [-0.25, -0.2) is 0 Å². The summed E-state index contributed by atoms with van der Waals surface area (Å²) < 4.78 is 10.4. The van der Waals surface area contributed by atoms with Gasteiger partial charge in [-0.15, -0.1) is 11.6 Å². The Bertz CT molecular complexity index is 424. The van der Waals surface area contributed by atoms with Crippen molar-refractivity contribution in [1.82, 2.24) is 5.32 Å². The van der Waals surface area contributed by atoms with Crippen molar-refractivity contribution in [2.75, 3.05) is 26.6 Å². The lowest BCUT2D eigenvalue weighted by molar-refractivity contribution is -0.121. The fourth-order valence-electron chi connectivity index (χ4n) is 1.85. The Morgan fingerprint density at radius 1 is 1.20 bits per heavy atom. The normalized spacial score (nSPS) is 10.2. The van der Waals surface area contributed by atoms with Crippen molar-refractivity contribution in [3.8, 4) is 11.5 Å². The highest BCUT2D eigenvalue weighted by atomic mass is 35.5. The van der Waals surface area contributed by atoms with Crippen LogP contribution in [0, 0.1) is 0 Å². The van der Waals surface area contributed by atoms with E-state index < -0.39 is 0 Å². The van der Waals surface area contributed by atoms with Crippen LogP contribution in [0.2, 0.25) is 0 Å². The molecule has 0 spiro atoms. The highest BCUT2D eigenvalue weighted by Crippen LogP contribution is 2.27. The quantitative estimate of drug-likeness (QED) is 0.563. The van der Waals surface area contributed by atoms with Crippen LogP contribution < -0.4 is 14.8 Å². The van der Waals surface area contributed by atoms with Gasteiger partial charge in [0, 0.05) is 18.8 Å². The maximum Gasteiger partial charge on any atom is 0.220 e. The third-order valence-electron chi connectivity index (χ3n) is 2.97. The third-order valence-corrected chi connectivity index (χ3v) is 3.24. The van der Waals surface area contributed by atoms with E-state index in [1.54, 1.807) is 14.2 Å². The minimum absolute atomic E-state index is 0.0793. The van der Waals surface area contributed by atoms with E-state index >= 15 is 0 Å². The first-order valence-electron chi connectivity index (χ1n) is 6.74. The van der Waals surface area contributed by atoms with Crippen LogP contribution in [0.4, 0.5) is 0 Å². The van der Waals surface area contributed by atoms with E-state index in [0.717, 1.165) is 24.8 Å². The summed E-state index contributed by atoms with van der Waals surface area (Å²) in [5.74, 6) is 2.11. The van der Waals surface area contributed by atoms with E-state index in [4.69, 9.17) is 21.1 Å². The molecule has 112 valence electrons. The zero-order chi connectivity index (χ0) is 14.8. The first-order chi connectivity index (χ1) is 9.71. The van der Waals surface area contributed by atoms with Crippen LogP contribution in [0.25, 0.3) is 0 Å². The van der Waals surface area contributed by atoms with Crippen LogP contribution in [-0.4, -0.2) is 32.6 Å². The zero-order valence-electron chi connectivity index (χ0n) is 12.1. The van der Waals surface area contributed by atoms with Gasteiger partial charge in [-0.05, 0) is 37.0 Å². The number of carbonyl (C=O) groups is 1. The van der Waals surface area contributed by atoms with E-state index in [-0.39, 0.29) is 5.91 Å². The third kappa shape index (κ3) is 5.70. The molecule has 0 aliphatic rings. The van der Waals surface area contributed by atoms with Gasteiger partial charge in [-0.1, -0.05) is 6.07 Å².